The summed E-state index contributed by atoms with van der Waals surface area (Å²) in [5.41, 5.74) is 0. The zero-order valence-electron chi connectivity index (χ0n) is 6.92. The van der Waals surface area contributed by atoms with Crippen molar-refractivity contribution in [2.75, 3.05) is 0 Å². The van der Waals surface area contributed by atoms with Gasteiger partial charge >= 0.3 is 5.97 Å². The molecule has 2 nitrogen and oxygen atoms in total. The molecule has 1 rings (SSSR count). The van der Waals surface area contributed by atoms with E-state index in [9.17, 15) is 4.79 Å². The zero-order valence-corrected chi connectivity index (χ0v) is 6.92. The van der Waals surface area contributed by atoms with Crippen molar-refractivity contribution < 1.29 is 9.90 Å². The van der Waals surface area contributed by atoms with Crippen molar-refractivity contribution in [1.29, 1.82) is 0 Å². The molecule has 1 saturated carbocycles. The molecular weight excluding hydrogens is 140 g/mol. The molecular formula is C9H15O2. The van der Waals surface area contributed by atoms with Crippen LogP contribution < -0.4 is 0 Å². The van der Waals surface area contributed by atoms with Crippen LogP contribution in [0.25, 0.3) is 0 Å². The topological polar surface area (TPSA) is 37.3 Å². The van der Waals surface area contributed by atoms with Crippen LogP contribution in [-0.4, -0.2) is 11.1 Å². The Hall–Kier alpha value is -0.530. The molecule has 0 amide bonds. The van der Waals surface area contributed by atoms with Crippen LogP contribution >= 0.6 is 0 Å². The Morgan fingerprint density at radius 1 is 1.64 bits per heavy atom. The Balaban J connectivity index is 2.38. The highest BCUT2D eigenvalue weighted by atomic mass is 16.4. The predicted octanol–water partition coefficient (Wildman–Crippen LogP) is 2.10. The average Bonchev–Trinajstić information content (AvgIpc) is 2.05. The molecule has 11 heavy (non-hydrogen) atoms. The van der Waals surface area contributed by atoms with Gasteiger partial charge in [-0.1, -0.05) is 19.8 Å². The van der Waals surface area contributed by atoms with E-state index < -0.39 is 5.97 Å². The normalized spacial score (nSPS) is 23.0. The Morgan fingerprint density at radius 2 is 2.36 bits per heavy atom. The minimum absolute atomic E-state index is 0.185. The first kappa shape index (κ1) is 8.57. The molecule has 0 aromatic carbocycles. The lowest BCUT2D eigenvalue weighted by molar-refractivity contribution is -0.142. The van der Waals surface area contributed by atoms with Crippen molar-refractivity contribution in [2.45, 2.75) is 32.6 Å². The molecule has 63 valence electrons. The number of carboxylic acids is 1. The van der Waals surface area contributed by atoms with Crippen LogP contribution in [0.3, 0.4) is 0 Å². The summed E-state index contributed by atoms with van der Waals surface area (Å²) in [5, 5.41) is 8.71. The number of hydrogen-bond donors (Lipinski definition) is 1. The van der Waals surface area contributed by atoms with Gasteiger partial charge in [-0.05, 0) is 25.2 Å². The van der Waals surface area contributed by atoms with Gasteiger partial charge in [-0.2, -0.15) is 0 Å². The first-order chi connectivity index (χ1) is 5.22. The average molecular weight is 155 g/mol. The SMILES string of the molecule is CC(C(=O)O)C1[CH]CCCC1. The Labute approximate surface area is 67.6 Å². The van der Waals surface area contributed by atoms with Crippen LogP contribution in [0, 0.1) is 18.3 Å². The minimum Gasteiger partial charge on any atom is -0.481 e. The van der Waals surface area contributed by atoms with Gasteiger partial charge in [0.2, 0.25) is 0 Å². The second-order valence-electron chi connectivity index (χ2n) is 3.31. The number of hydrogen-bond acceptors (Lipinski definition) is 1. The fourth-order valence-corrected chi connectivity index (χ4v) is 1.61. The van der Waals surface area contributed by atoms with Crippen LogP contribution in [0.2, 0.25) is 0 Å². The highest BCUT2D eigenvalue weighted by Crippen LogP contribution is 2.28. The van der Waals surface area contributed by atoms with Crippen LogP contribution in [0.4, 0.5) is 0 Å². The largest absolute Gasteiger partial charge is 0.481 e. The maximum absolute atomic E-state index is 10.6. The van der Waals surface area contributed by atoms with Gasteiger partial charge in [0.15, 0.2) is 0 Å². The molecule has 1 radical (unpaired) electrons. The van der Waals surface area contributed by atoms with Gasteiger partial charge in [-0.25, -0.2) is 0 Å². The molecule has 1 aliphatic carbocycles. The fraction of sp³-hybridized carbons (Fsp3) is 0.778. The van der Waals surface area contributed by atoms with Crippen molar-refractivity contribution >= 4 is 5.97 Å². The number of carbonyl (C=O) groups is 1. The summed E-state index contributed by atoms with van der Waals surface area (Å²) in [6.07, 6.45) is 6.76. The third-order valence-electron chi connectivity index (χ3n) is 2.49. The molecule has 2 unspecified atom stereocenters. The monoisotopic (exact) mass is 155 g/mol. The quantitative estimate of drug-likeness (QED) is 0.663. The zero-order chi connectivity index (χ0) is 8.27. The third-order valence-corrected chi connectivity index (χ3v) is 2.49. The van der Waals surface area contributed by atoms with Crippen molar-refractivity contribution in [3.63, 3.8) is 0 Å². The Morgan fingerprint density at radius 3 is 2.82 bits per heavy atom. The number of aliphatic carboxylic acids is 1. The van der Waals surface area contributed by atoms with Crippen LogP contribution in [0.15, 0.2) is 0 Å². The summed E-state index contributed by atoms with van der Waals surface area (Å²) < 4.78 is 0. The molecule has 0 aliphatic heterocycles. The summed E-state index contributed by atoms with van der Waals surface area (Å²) >= 11 is 0. The van der Waals surface area contributed by atoms with Gasteiger partial charge in [-0.15, -0.1) is 0 Å². The van der Waals surface area contributed by atoms with E-state index in [1.165, 1.54) is 12.8 Å². The maximum atomic E-state index is 10.6. The summed E-state index contributed by atoms with van der Waals surface area (Å²) in [6, 6.07) is 0. The van der Waals surface area contributed by atoms with E-state index in [2.05, 4.69) is 6.42 Å². The summed E-state index contributed by atoms with van der Waals surface area (Å²) in [6.45, 7) is 1.80. The highest BCUT2D eigenvalue weighted by Gasteiger charge is 2.24. The molecule has 1 N–H and O–H groups in total. The smallest absolute Gasteiger partial charge is 0.306 e. The maximum Gasteiger partial charge on any atom is 0.306 e. The van der Waals surface area contributed by atoms with Gasteiger partial charge < -0.3 is 5.11 Å². The Kier molecular flexibility index (Phi) is 2.92. The third kappa shape index (κ3) is 2.21. The van der Waals surface area contributed by atoms with E-state index in [1.54, 1.807) is 6.92 Å². The molecule has 0 bridgehead atoms. The van der Waals surface area contributed by atoms with Crippen molar-refractivity contribution in [1.82, 2.24) is 0 Å². The standard InChI is InChI=1S/C9H15O2/c1-7(9(10)11)8-5-3-2-4-6-8/h5,7-8H,2-4,6H2,1H3,(H,10,11). The molecule has 0 aromatic rings. The van der Waals surface area contributed by atoms with E-state index in [0.717, 1.165) is 12.8 Å². The summed E-state index contributed by atoms with van der Waals surface area (Å²) in [5.74, 6) is -0.523. The molecule has 2 heteroatoms. The van der Waals surface area contributed by atoms with E-state index in [-0.39, 0.29) is 5.92 Å². The molecule has 0 heterocycles. The second-order valence-corrected chi connectivity index (χ2v) is 3.31. The van der Waals surface area contributed by atoms with Crippen molar-refractivity contribution in [2.24, 2.45) is 11.8 Å². The number of rotatable bonds is 2. The fourth-order valence-electron chi connectivity index (χ4n) is 1.61. The lowest BCUT2D eigenvalue weighted by atomic mass is 9.81. The molecule has 0 aromatic heterocycles. The summed E-state index contributed by atoms with van der Waals surface area (Å²) in [7, 11) is 0. The first-order valence-electron chi connectivity index (χ1n) is 4.28. The molecule has 1 fully saturated rings. The van der Waals surface area contributed by atoms with Crippen LogP contribution in [0.5, 0.6) is 0 Å². The van der Waals surface area contributed by atoms with Crippen LogP contribution in [-0.2, 0) is 4.79 Å². The predicted molar refractivity (Wildman–Crippen MR) is 43.1 cm³/mol. The van der Waals surface area contributed by atoms with Gasteiger partial charge in [-0.3, -0.25) is 4.79 Å². The van der Waals surface area contributed by atoms with Crippen molar-refractivity contribution in [3.05, 3.63) is 6.42 Å². The molecule has 1 aliphatic rings. The van der Waals surface area contributed by atoms with Gasteiger partial charge in [0, 0.05) is 0 Å². The van der Waals surface area contributed by atoms with E-state index >= 15 is 0 Å². The molecule has 0 saturated heterocycles. The highest BCUT2D eigenvalue weighted by molar-refractivity contribution is 5.70. The Bertz CT molecular complexity index is 136. The summed E-state index contributed by atoms with van der Waals surface area (Å²) in [4.78, 5) is 10.6. The van der Waals surface area contributed by atoms with Gasteiger partial charge in [0.1, 0.15) is 0 Å². The second kappa shape index (κ2) is 3.74. The molecule has 2 atom stereocenters. The van der Waals surface area contributed by atoms with E-state index in [4.69, 9.17) is 5.11 Å². The van der Waals surface area contributed by atoms with E-state index in [0.29, 0.717) is 5.92 Å². The van der Waals surface area contributed by atoms with Crippen LogP contribution in [0.1, 0.15) is 32.6 Å². The van der Waals surface area contributed by atoms with E-state index in [1.807, 2.05) is 0 Å². The van der Waals surface area contributed by atoms with Gasteiger partial charge in [0.25, 0.3) is 0 Å². The number of carboxylic acid groups (broad SMARTS) is 1. The lowest BCUT2D eigenvalue weighted by Gasteiger charge is -2.24. The van der Waals surface area contributed by atoms with Crippen molar-refractivity contribution in [3.8, 4) is 0 Å². The lowest BCUT2D eigenvalue weighted by Crippen LogP contribution is -2.22. The molecule has 0 spiro atoms. The first-order valence-corrected chi connectivity index (χ1v) is 4.28. The minimum atomic E-state index is -0.659. The van der Waals surface area contributed by atoms with Gasteiger partial charge in [0.05, 0.1) is 5.92 Å².